The van der Waals surface area contributed by atoms with Crippen LogP contribution < -0.4 is 10.5 Å². The zero-order valence-electron chi connectivity index (χ0n) is 11.1. The fourth-order valence-corrected chi connectivity index (χ4v) is 3.25. The van der Waals surface area contributed by atoms with Crippen LogP contribution in [0.15, 0.2) is 24.3 Å². The van der Waals surface area contributed by atoms with Gasteiger partial charge in [-0.25, -0.2) is 0 Å². The Bertz CT molecular complexity index is 424. The molecule has 0 bridgehead atoms. The van der Waals surface area contributed by atoms with Crippen molar-refractivity contribution in [3.05, 3.63) is 29.8 Å². The fraction of sp³-hybridized carbons (Fsp3) is 0.600. The van der Waals surface area contributed by atoms with Crippen molar-refractivity contribution in [1.82, 2.24) is 4.90 Å². The van der Waals surface area contributed by atoms with Crippen molar-refractivity contribution >= 4 is 0 Å². The smallest absolute Gasteiger partial charge is 0.124 e. The molecule has 0 amide bonds. The summed E-state index contributed by atoms with van der Waals surface area (Å²) in [5, 5.41) is 0. The Morgan fingerprint density at radius 1 is 1.33 bits per heavy atom. The van der Waals surface area contributed by atoms with Crippen LogP contribution in [0, 0.1) is 0 Å². The van der Waals surface area contributed by atoms with Gasteiger partial charge in [-0.3, -0.25) is 0 Å². The molecule has 3 nitrogen and oxygen atoms in total. The third kappa shape index (κ3) is 2.02. The molecule has 2 aliphatic rings. The summed E-state index contributed by atoms with van der Waals surface area (Å²) < 4.78 is 6.32. The first-order valence-electron chi connectivity index (χ1n) is 6.98. The molecule has 2 aliphatic heterocycles. The first-order valence-corrected chi connectivity index (χ1v) is 6.98. The maximum absolute atomic E-state index is 6.33. The molecule has 2 N–H and O–H groups in total. The van der Waals surface area contributed by atoms with Crippen molar-refractivity contribution in [2.24, 2.45) is 5.73 Å². The van der Waals surface area contributed by atoms with E-state index in [9.17, 15) is 0 Å². The minimum atomic E-state index is -0.0144. The predicted octanol–water partition coefficient (Wildman–Crippen LogP) is 2.32. The second-order valence-electron chi connectivity index (χ2n) is 5.57. The van der Waals surface area contributed by atoms with Gasteiger partial charge in [0.15, 0.2) is 0 Å². The second-order valence-corrected chi connectivity index (χ2v) is 5.57. The van der Waals surface area contributed by atoms with Gasteiger partial charge >= 0.3 is 0 Å². The number of hydrogen-bond acceptors (Lipinski definition) is 3. The van der Waals surface area contributed by atoms with Crippen LogP contribution in [0.25, 0.3) is 0 Å². The quantitative estimate of drug-likeness (QED) is 0.826. The molecule has 98 valence electrons. The number of hydrogen-bond donors (Lipinski definition) is 1. The Balaban J connectivity index is 1.81. The highest BCUT2D eigenvalue weighted by Crippen LogP contribution is 2.42. The predicted molar refractivity (Wildman–Crippen MR) is 72.7 cm³/mol. The largest absolute Gasteiger partial charge is 0.487 e. The molecule has 0 aliphatic carbocycles. The van der Waals surface area contributed by atoms with Crippen molar-refractivity contribution in [1.29, 1.82) is 0 Å². The van der Waals surface area contributed by atoms with Crippen molar-refractivity contribution < 1.29 is 4.74 Å². The van der Waals surface area contributed by atoms with Crippen LogP contribution >= 0.6 is 0 Å². The van der Waals surface area contributed by atoms with Gasteiger partial charge in [-0.1, -0.05) is 25.1 Å². The molecular formula is C15H22N2O. The van der Waals surface area contributed by atoms with Crippen LogP contribution in [-0.2, 0) is 0 Å². The number of rotatable bonds is 1. The first-order chi connectivity index (χ1) is 8.72. The van der Waals surface area contributed by atoms with E-state index in [-0.39, 0.29) is 11.6 Å². The van der Waals surface area contributed by atoms with Crippen LogP contribution in [0.1, 0.15) is 37.8 Å². The lowest BCUT2D eigenvalue weighted by Gasteiger charge is -2.46. The highest BCUT2D eigenvalue weighted by molar-refractivity contribution is 5.38. The number of nitrogens with two attached hydrogens (primary N) is 1. The zero-order valence-corrected chi connectivity index (χ0v) is 11.1. The summed E-state index contributed by atoms with van der Waals surface area (Å²) in [7, 11) is 0. The van der Waals surface area contributed by atoms with E-state index in [1.54, 1.807) is 0 Å². The van der Waals surface area contributed by atoms with E-state index in [1.165, 1.54) is 5.56 Å². The Hall–Kier alpha value is -1.06. The first kappa shape index (κ1) is 12.0. The number of piperidine rings is 1. The lowest BCUT2D eigenvalue weighted by molar-refractivity contribution is -0.0205. The molecule has 3 heteroatoms. The van der Waals surface area contributed by atoms with Gasteiger partial charge in [0.1, 0.15) is 11.4 Å². The molecule has 1 fully saturated rings. The van der Waals surface area contributed by atoms with Crippen LogP contribution in [0.2, 0.25) is 0 Å². The van der Waals surface area contributed by atoms with Gasteiger partial charge in [-0.05, 0) is 25.5 Å². The maximum atomic E-state index is 6.33. The highest BCUT2D eigenvalue weighted by atomic mass is 16.5. The van der Waals surface area contributed by atoms with E-state index >= 15 is 0 Å². The summed E-state index contributed by atoms with van der Waals surface area (Å²) in [6.07, 6.45) is 3.16. The van der Waals surface area contributed by atoms with E-state index in [1.807, 2.05) is 12.1 Å². The van der Waals surface area contributed by atoms with Crippen LogP contribution in [0.4, 0.5) is 0 Å². The minimum Gasteiger partial charge on any atom is -0.487 e. The SMILES string of the molecule is CCN1CCC2(CC1)C[C@@H](N)c1ccccc1O2. The molecule has 3 rings (SSSR count). The van der Waals surface area contributed by atoms with Gasteiger partial charge in [0.25, 0.3) is 0 Å². The topological polar surface area (TPSA) is 38.5 Å². The molecule has 1 saturated heterocycles. The van der Waals surface area contributed by atoms with Gasteiger partial charge in [0.05, 0.1) is 0 Å². The normalized spacial score (nSPS) is 26.7. The van der Waals surface area contributed by atoms with Gasteiger partial charge in [0, 0.05) is 31.1 Å². The molecule has 0 saturated carbocycles. The minimum absolute atomic E-state index is 0.0144. The zero-order chi connectivity index (χ0) is 12.6. The molecule has 1 aromatic rings. The van der Waals surface area contributed by atoms with Gasteiger partial charge < -0.3 is 15.4 Å². The molecule has 0 unspecified atom stereocenters. The Labute approximate surface area is 109 Å². The number of nitrogens with zero attached hydrogens (tertiary/aromatic N) is 1. The van der Waals surface area contributed by atoms with Crippen LogP contribution in [0.3, 0.4) is 0 Å². The highest BCUT2D eigenvalue weighted by Gasteiger charge is 2.41. The summed E-state index contributed by atoms with van der Waals surface area (Å²) in [6, 6.07) is 8.35. The standard InChI is InChI=1S/C15H22N2O/c1-2-17-9-7-15(8-10-17)11-13(16)12-5-3-4-6-14(12)18-15/h3-6,13H,2,7-11,16H2,1H3/t13-/m1/s1. The summed E-state index contributed by atoms with van der Waals surface area (Å²) in [6.45, 7) is 5.62. The van der Waals surface area contributed by atoms with Crippen molar-refractivity contribution in [2.45, 2.75) is 37.8 Å². The van der Waals surface area contributed by atoms with Gasteiger partial charge in [0.2, 0.25) is 0 Å². The number of ether oxygens (including phenoxy) is 1. The Kier molecular flexibility index (Phi) is 3.04. The van der Waals surface area contributed by atoms with E-state index < -0.39 is 0 Å². The molecule has 1 aromatic carbocycles. The van der Waals surface area contributed by atoms with Crippen molar-refractivity contribution in [2.75, 3.05) is 19.6 Å². The van der Waals surface area contributed by atoms with Crippen LogP contribution in [0.5, 0.6) is 5.75 Å². The monoisotopic (exact) mass is 246 g/mol. The molecule has 1 spiro atoms. The number of likely N-dealkylation sites (tertiary alicyclic amines) is 1. The fourth-order valence-electron chi connectivity index (χ4n) is 3.25. The average molecular weight is 246 g/mol. The summed E-state index contributed by atoms with van der Waals surface area (Å²) in [5.74, 6) is 1.00. The summed E-state index contributed by atoms with van der Waals surface area (Å²) in [4.78, 5) is 2.49. The molecule has 18 heavy (non-hydrogen) atoms. The average Bonchev–Trinajstić information content (AvgIpc) is 2.40. The number of para-hydroxylation sites is 1. The van der Waals surface area contributed by atoms with E-state index in [2.05, 4.69) is 24.0 Å². The Morgan fingerprint density at radius 2 is 2.06 bits per heavy atom. The van der Waals surface area contributed by atoms with E-state index in [4.69, 9.17) is 10.5 Å². The molecule has 0 radical (unpaired) electrons. The maximum Gasteiger partial charge on any atom is 0.124 e. The third-order valence-corrected chi connectivity index (χ3v) is 4.45. The molecule has 1 atom stereocenters. The van der Waals surface area contributed by atoms with Crippen molar-refractivity contribution in [3.63, 3.8) is 0 Å². The summed E-state index contributed by atoms with van der Waals surface area (Å²) in [5.41, 5.74) is 7.48. The molecular weight excluding hydrogens is 224 g/mol. The van der Waals surface area contributed by atoms with Gasteiger partial charge in [-0.2, -0.15) is 0 Å². The molecule has 0 aromatic heterocycles. The van der Waals surface area contributed by atoms with Crippen LogP contribution in [-0.4, -0.2) is 30.1 Å². The van der Waals surface area contributed by atoms with Gasteiger partial charge in [-0.15, -0.1) is 0 Å². The van der Waals surface area contributed by atoms with E-state index in [0.717, 1.165) is 44.6 Å². The lowest BCUT2D eigenvalue weighted by Crippen LogP contribution is -2.51. The third-order valence-electron chi connectivity index (χ3n) is 4.45. The van der Waals surface area contributed by atoms with E-state index in [0.29, 0.717) is 0 Å². The lowest BCUT2D eigenvalue weighted by atomic mass is 9.81. The van der Waals surface area contributed by atoms with Crippen molar-refractivity contribution in [3.8, 4) is 5.75 Å². The summed E-state index contributed by atoms with van der Waals surface area (Å²) >= 11 is 0. The molecule has 2 heterocycles. The number of fused-ring (bicyclic) bond motifs is 1. The Morgan fingerprint density at radius 3 is 2.78 bits per heavy atom. The number of benzene rings is 1. The second kappa shape index (κ2) is 4.56.